The molecule has 77 heavy (non-hydrogen) atoms. The second-order valence-corrected chi connectivity index (χ2v) is 17.3. The summed E-state index contributed by atoms with van der Waals surface area (Å²) in [5.74, 6) is 0.101. The van der Waals surface area contributed by atoms with Crippen molar-refractivity contribution in [2.45, 2.75) is 56.0 Å². The average molecular weight is 1150 g/mol. The lowest BCUT2D eigenvalue weighted by Gasteiger charge is -2.46. The van der Waals surface area contributed by atoms with Crippen LogP contribution in [0, 0.1) is 0 Å². The molecule has 6 aromatic carbocycles. The van der Waals surface area contributed by atoms with Crippen molar-refractivity contribution in [1.29, 1.82) is 0 Å². The summed E-state index contributed by atoms with van der Waals surface area (Å²) in [6, 6.07) is 8.22. The molecule has 0 aliphatic rings. The van der Waals surface area contributed by atoms with Crippen molar-refractivity contribution in [3.63, 3.8) is 0 Å². The lowest BCUT2D eigenvalue weighted by Crippen LogP contribution is -2.75. The maximum absolute atomic E-state index is 14.2. The van der Waals surface area contributed by atoms with Gasteiger partial charge < -0.3 is 0 Å². The Balaban J connectivity index is 0.000000397. The standard InChI is InChI=1S/C32H12BF24.C17H13ClNO/c34-25(35,36)13-1-14(26(37,38)39)6-21(5-13)33(22-7-15(27(40,41)42)2-16(8-22)28(43,44)45,23-9-17(29(46,47)48)3-18(10-23)30(49,50)51)24-11-19(31(52,53)54)4-20(12-24)32(55,56)57;18-16-7-6-15-11-19(9-8-14(15)10-16)12-17(20)13-4-2-1-3-5-13/h1-12H;1-11H,12H2/q-1;+1. The second-order valence-electron chi connectivity index (χ2n) is 16.9. The number of aromatic nitrogens is 1. The van der Waals surface area contributed by atoms with Gasteiger partial charge in [-0.3, -0.25) is 4.79 Å². The number of hydrogen-bond acceptors (Lipinski definition) is 1. The molecule has 0 unspecified atom stereocenters. The predicted octanol–water partition coefficient (Wildman–Crippen LogP) is 14.9. The van der Waals surface area contributed by atoms with Gasteiger partial charge >= 0.3 is 49.4 Å². The van der Waals surface area contributed by atoms with E-state index in [9.17, 15) is 110 Å². The van der Waals surface area contributed by atoms with Crippen LogP contribution in [0.5, 0.6) is 0 Å². The van der Waals surface area contributed by atoms with Crippen molar-refractivity contribution in [3.8, 4) is 0 Å². The molecule has 0 aliphatic heterocycles. The number of alkyl halides is 24. The van der Waals surface area contributed by atoms with E-state index in [1.807, 2.05) is 71.6 Å². The van der Waals surface area contributed by atoms with Crippen LogP contribution in [0.25, 0.3) is 10.8 Å². The molecule has 0 spiro atoms. The van der Waals surface area contributed by atoms with Gasteiger partial charge in [-0.1, -0.05) is 90.5 Å². The highest BCUT2D eigenvalue weighted by molar-refractivity contribution is 7.20. The molecule has 7 rings (SSSR count). The Morgan fingerprint density at radius 3 is 0.922 bits per heavy atom. The Labute approximate surface area is 421 Å². The van der Waals surface area contributed by atoms with Crippen molar-refractivity contribution in [1.82, 2.24) is 0 Å². The molecule has 1 aromatic heterocycles. The number of rotatable bonds is 7. The average Bonchev–Trinajstić information content (AvgIpc) is 3.30. The minimum absolute atomic E-state index is 0.101. The Bertz CT molecular complexity index is 2870. The van der Waals surface area contributed by atoms with Crippen LogP contribution in [-0.2, 0) is 56.0 Å². The van der Waals surface area contributed by atoms with E-state index in [4.69, 9.17) is 11.6 Å². The van der Waals surface area contributed by atoms with Crippen LogP contribution >= 0.6 is 11.6 Å². The van der Waals surface area contributed by atoms with Crippen LogP contribution in [-0.4, -0.2) is 11.9 Å². The third kappa shape index (κ3) is 13.6. The topological polar surface area (TPSA) is 20.9 Å². The zero-order valence-corrected chi connectivity index (χ0v) is 38.1. The number of carbonyl (C=O) groups excluding carboxylic acids is 1. The maximum Gasteiger partial charge on any atom is 0.416 e. The fourth-order valence-corrected chi connectivity index (χ4v) is 8.44. The summed E-state index contributed by atoms with van der Waals surface area (Å²) < 4.78 is 343. The fourth-order valence-electron chi connectivity index (χ4n) is 8.26. The summed E-state index contributed by atoms with van der Waals surface area (Å²) in [5, 5.41) is 2.86. The van der Waals surface area contributed by atoms with Gasteiger partial charge in [-0.05, 0) is 47.9 Å². The van der Waals surface area contributed by atoms with Crippen LogP contribution in [0.3, 0.4) is 0 Å². The molecule has 0 radical (unpaired) electrons. The first-order valence-electron chi connectivity index (χ1n) is 21.0. The van der Waals surface area contributed by atoms with Gasteiger partial charge in [-0.2, -0.15) is 132 Å². The van der Waals surface area contributed by atoms with Gasteiger partial charge in [-0.15, -0.1) is 0 Å². The number of pyridine rings is 1. The van der Waals surface area contributed by atoms with E-state index >= 15 is 0 Å². The molecule has 0 N–H and O–H groups in total. The van der Waals surface area contributed by atoms with Gasteiger partial charge in [0.1, 0.15) is 6.15 Å². The molecular formula is C49H25BClF24NO. The van der Waals surface area contributed by atoms with Gasteiger partial charge in [0, 0.05) is 22.0 Å². The van der Waals surface area contributed by atoms with E-state index in [1.165, 1.54) is 0 Å². The Morgan fingerprint density at radius 2 is 0.649 bits per heavy atom. The van der Waals surface area contributed by atoms with E-state index in [1.54, 1.807) is 0 Å². The quantitative estimate of drug-likeness (QED) is 0.0674. The molecule has 0 saturated heterocycles. The monoisotopic (exact) mass is 1150 g/mol. The molecule has 0 atom stereocenters. The highest BCUT2D eigenvalue weighted by atomic mass is 35.5. The molecule has 7 aromatic rings. The van der Waals surface area contributed by atoms with Crippen LogP contribution in [0.4, 0.5) is 105 Å². The molecular weight excluding hydrogens is 1120 g/mol. The summed E-state index contributed by atoms with van der Waals surface area (Å²) in [5.41, 5.74) is -29.5. The van der Waals surface area contributed by atoms with E-state index < -0.39 is 195 Å². The van der Waals surface area contributed by atoms with Crippen molar-refractivity contribution < 1.29 is 115 Å². The molecule has 1 heterocycles. The first-order chi connectivity index (χ1) is 35.0. The lowest BCUT2D eigenvalue weighted by molar-refractivity contribution is -0.681. The number of ketones is 1. The largest absolute Gasteiger partial charge is 0.416 e. The van der Waals surface area contributed by atoms with Crippen molar-refractivity contribution >= 4 is 56.2 Å². The van der Waals surface area contributed by atoms with Crippen molar-refractivity contribution in [2.24, 2.45) is 0 Å². The molecule has 28 heteroatoms. The smallest absolute Gasteiger partial charge is 0.287 e. The molecule has 0 fully saturated rings. The minimum atomic E-state index is -6.13. The molecule has 0 aliphatic carbocycles. The normalized spacial score (nSPS) is 13.4. The van der Waals surface area contributed by atoms with Crippen LogP contribution < -0.4 is 26.4 Å². The van der Waals surface area contributed by atoms with Gasteiger partial charge in [0.25, 0.3) is 0 Å². The zero-order chi connectivity index (χ0) is 57.9. The van der Waals surface area contributed by atoms with Gasteiger partial charge in [-0.25, -0.2) is 0 Å². The molecule has 410 valence electrons. The minimum Gasteiger partial charge on any atom is -0.287 e. The van der Waals surface area contributed by atoms with E-state index in [2.05, 4.69) is 0 Å². The Kier molecular flexibility index (Phi) is 15.8. The third-order valence-electron chi connectivity index (χ3n) is 11.7. The second kappa shape index (κ2) is 20.5. The van der Waals surface area contributed by atoms with Gasteiger partial charge in [0.2, 0.25) is 12.3 Å². The zero-order valence-electron chi connectivity index (χ0n) is 37.4. The molecule has 2 nitrogen and oxygen atoms in total. The van der Waals surface area contributed by atoms with Crippen molar-refractivity contribution in [2.75, 3.05) is 0 Å². The number of nitrogens with zero attached hydrogens (tertiary/aromatic N) is 1. The summed E-state index contributed by atoms with van der Waals surface area (Å²) in [4.78, 5) is 12.2. The van der Waals surface area contributed by atoms with Crippen LogP contribution in [0.1, 0.15) is 54.9 Å². The lowest BCUT2D eigenvalue weighted by atomic mass is 9.12. The number of fused-ring (bicyclic) bond motifs is 1. The number of benzene rings is 6. The summed E-state index contributed by atoms with van der Waals surface area (Å²) >= 11 is 5.96. The Hall–Kier alpha value is -6.93. The van der Waals surface area contributed by atoms with E-state index in [0.29, 0.717) is 6.54 Å². The molecule has 0 saturated carbocycles. The Morgan fingerprint density at radius 1 is 0.364 bits per heavy atom. The summed E-state index contributed by atoms with van der Waals surface area (Å²) in [6.45, 7) is 0.336. The summed E-state index contributed by atoms with van der Waals surface area (Å²) in [6.07, 6.45) is -50.9. The highest BCUT2D eigenvalue weighted by Crippen LogP contribution is 2.41. The first-order valence-corrected chi connectivity index (χ1v) is 21.4. The van der Waals surface area contributed by atoms with Gasteiger partial charge in [0.05, 0.1) is 44.5 Å². The fraction of sp³-hybridized carbons (Fsp3) is 0.184. The SMILES string of the molecule is FC(F)(F)c1cc([B-](c2cc(C(F)(F)F)cc(C(F)(F)F)c2)(c2cc(C(F)(F)F)cc(C(F)(F)F)c2)c2cc(C(F)(F)F)cc(C(F)(F)F)c2)cc(C(F)(F)F)c1.O=C(C[n+]1ccc2cc(Cl)ccc2c1)c1ccccc1. The van der Waals surface area contributed by atoms with Gasteiger partial charge in [0.15, 0.2) is 12.4 Å². The number of halogens is 25. The summed E-state index contributed by atoms with van der Waals surface area (Å²) in [7, 11) is 0. The van der Waals surface area contributed by atoms with E-state index in [0.717, 1.165) is 21.4 Å². The van der Waals surface area contributed by atoms with E-state index in [-0.39, 0.29) is 5.78 Å². The molecule has 0 bridgehead atoms. The van der Waals surface area contributed by atoms with Crippen LogP contribution in [0.2, 0.25) is 5.02 Å². The predicted molar refractivity (Wildman–Crippen MR) is 230 cm³/mol. The number of hydrogen-bond donors (Lipinski definition) is 0. The maximum atomic E-state index is 14.2. The number of carbonyl (C=O) groups is 1. The molecule has 0 amide bonds. The van der Waals surface area contributed by atoms with Crippen molar-refractivity contribution in [3.05, 3.63) is 195 Å². The highest BCUT2D eigenvalue weighted by Gasteiger charge is 2.47. The third-order valence-corrected chi connectivity index (χ3v) is 11.9. The first kappa shape index (κ1) is 59.3. The van der Waals surface area contributed by atoms with Crippen LogP contribution in [0.15, 0.2) is 140 Å². The number of Topliss-reactive ketones (excluding diaryl/α,β-unsaturated/α-hetero) is 1.